The van der Waals surface area contributed by atoms with Gasteiger partial charge in [0.1, 0.15) is 0 Å². The fraction of sp³-hybridized carbons (Fsp3) is 0.917. The first-order valence-electron chi connectivity index (χ1n) is 6.44. The summed E-state index contributed by atoms with van der Waals surface area (Å²) < 4.78 is 10.2. The Hall–Kier alpha value is -0.850. The van der Waals surface area contributed by atoms with Gasteiger partial charge in [-0.3, -0.25) is 0 Å². The molecule has 1 saturated heterocycles. The van der Waals surface area contributed by atoms with Crippen molar-refractivity contribution in [3.8, 4) is 0 Å². The van der Waals surface area contributed by atoms with Crippen LogP contribution in [0.1, 0.15) is 6.92 Å². The number of nitrogens with zero attached hydrogens (tertiary/aromatic N) is 2. The second-order valence-corrected chi connectivity index (χ2v) is 4.51. The number of amides is 2. The summed E-state index contributed by atoms with van der Waals surface area (Å²) in [5.41, 5.74) is 0. The van der Waals surface area contributed by atoms with E-state index in [1.807, 2.05) is 16.7 Å². The minimum atomic E-state index is 0.0625. The van der Waals surface area contributed by atoms with Gasteiger partial charge in [0, 0.05) is 46.9 Å². The average molecular weight is 259 g/mol. The van der Waals surface area contributed by atoms with Gasteiger partial charge in [0.25, 0.3) is 0 Å². The summed E-state index contributed by atoms with van der Waals surface area (Å²) in [4.78, 5) is 16.2. The van der Waals surface area contributed by atoms with Crippen LogP contribution in [-0.2, 0) is 9.47 Å². The van der Waals surface area contributed by atoms with E-state index in [0.717, 1.165) is 26.2 Å². The summed E-state index contributed by atoms with van der Waals surface area (Å²) in [7, 11) is 3.30. The summed E-state index contributed by atoms with van der Waals surface area (Å²) in [5.74, 6) is 0. The Balaban J connectivity index is 2.58. The Bertz CT molecular complexity index is 245. The van der Waals surface area contributed by atoms with Crippen molar-refractivity contribution >= 4 is 6.03 Å². The van der Waals surface area contributed by atoms with Gasteiger partial charge in [-0.2, -0.15) is 0 Å². The number of nitrogens with one attached hydrogen (secondary N) is 1. The SMILES string of the molecule is COCCN(C(=O)N1CCNCC1)C(C)COC. The van der Waals surface area contributed by atoms with E-state index in [-0.39, 0.29) is 12.1 Å². The zero-order valence-electron chi connectivity index (χ0n) is 11.6. The Labute approximate surface area is 109 Å². The largest absolute Gasteiger partial charge is 0.383 e. The van der Waals surface area contributed by atoms with Gasteiger partial charge in [-0.25, -0.2) is 4.79 Å². The van der Waals surface area contributed by atoms with Crippen LogP contribution in [0, 0.1) is 0 Å². The predicted octanol–water partition coefficient (Wildman–Crippen LogP) is -0.00510. The fourth-order valence-electron chi connectivity index (χ4n) is 2.06. The molecule has 1 unspecified atom stereocenters. The van der Waals surface area contributed by atoms with Gasteiger partial charge >= 0.3 is 6.03 Å². The molecule has 106 valence electrons. The smallest absolute Gasteiger partial charge is 0.320 e. The molecular formula is C12H25N3O3. The lowest BCUT2D eigenvalue weighted by atomic mass is 10.3. The Morgan fingerprint density at radius 3 is 2.56 bits per heavy atom. The third-order valence-corrected chi connectivity index (χ3v) is 3.11. The van der Waals surface area contributed by atoms with Crippen LogP contribution in [0.4, 0.5) is 4.79 Å². The highest BCUT2D eigenvalue weighted by atomic mass is 16.5. The van der Waals surface area contributed by atoms with E-state index in [4.69, 9.17) is 9.47 Å². The summed E-state index contributed by atoms with van der Waals surface area (Å²) >= 11 is 0. The lowest BCUT2D eigenvalue weighted by Crippen LogP contribution is -2.54. The zero-order valence-corrected chi connectivity index (χ0v) is 11.6. The van der Waals surface area contributed by atoms with Crippen LogP contribution in [0.5, 0.6) is 0 Å². The number of hydrogen-bond acceptors (Lipinski definition) is 4. The van der Waals surface area contributed by atoms with Crippen molar-refractivity contribution in [3.05, 3.63) is 0 Å². The van der Waals surface area contributed by atoms with Gasteiger partial charge < -0.3 is 24.6 Å². The van der Waals surface area contributed by atoms with Crippen molar-refractivity contribution in [2.24, 2.45) is 0 Å². The zero-order chi connectivity index (χ0) is 13.4. The van der Waals surface area contributed by atoms with Gasteiger partial charge in [-0.1, -0.05) is 0 Å². The first-order valence-corrected chi connectivity index (χ1v) is 6.44. The minimum Gasteiger partial charge on any atom is -0.383 e. The Kier molecular flexibility index (Phi) is 7.00. The molecule has 0 aromatic heterocycles. The summed E-state index contributed by atoms with van der Waals surface area (Å²) in [5, 5.41) is 3.24. The molecular weight excluding hydrogens is 234 g/mol. The van der Waals surface area contributed by atoms with Crippen LogP contribution in [0.15, 0.2) is 0 Å². The number of ether oxygens (including phenoxy) is 2. The molecule has 1 atom stereocenters. The fourth-order valence-corrected chi connectivity index (χ4v) is 2.06. The molecule has 0 spiro atoms. The lowest BCUT2D eigenvalue weighted by molar-refractivity contribution is 0.0728. The van der Waals surface area contributed by atoms with E-state index in [0.29, 0.717) is 19.8 Å². The van der Waals surface area contributed by atoms with Gasteiger partial charge in [0.2, 0.25) is 0 Å². The molecule has 1 N–H and O–H groups in total. The predicted molar refractivity (Wildman–Crippen MR) is 69.8 cm³/mol. The number of methoxy groups -OCH3 is 2. The van der Waals surface area contributed by atoms with Crippen molar-refractivity contribution in [1.82, 2.24) is 15.1 Å². The van der Waals surface area contributed by atoms with Crippen molar-refractivity contribution in [2.45, 2.75) is 13.0 Å². The van der Waals surface area contributed by atoms with E-state index in [9.17, 15) is 4.79 Å². The topological polar surface area (TPSA) is 54.0 Å². The van der Waals surface area contributed by atoms with Crippen molar-refractivity contribution in [3.63, 3.8) is 0 Å². The van der Waals surface area contributed by atoms with Crippen molar-refractivity contribution in [1.29, 1.82) is 0 Å². The van der Waals surface area contributed by atoms with Crippen LogP contribution >= 0.6 is 0 Å². The average Bonchev–Trinajstić information content (AvgIpc) is 2.40. The quantitative estimate of drug-likeness (QED) is 0.729. The van der Waals surface area contributed by atoms with E-state index in [2.05, 4.69) is 5.32 Å². The molecule has 0 bridgehead atoms. The minimum absolute atomic E-state index is 0.0625. The molecule has 0 aliphatic carbocycles. The van der Waals surface area contributed by atoms with Crippen LogP contribution < -0.4 is 5.32 Å². The van der Waals surface area contributed by atoms with E-state index in [1.165, 1.54) is 0 Å². The van der Waals surface area contributed by atoms with Gasteiger partial charge in [-0.05, 0) is 6.92 Å². The second kappa shape index (κ2) is 8.29. The molecule has 2 amide bonds. The van der Waals surface area contributed by atoms with Gasteiger partial charge in [-0.15, -0.1) is 0 Å². The molecule has 6 heteroatoms. The third-order valence-electron chi connectivity index (χ3n) is 3.11. The molecule has 18 heavy (non-hydrogen) atoms. The highest BCUT2D eigenvalue weighted by molar-refractivity contribution is 5.75. The number of hydrogen-bond donors (Lipinski definition) is 1. The van der Waals surface area contributed by atoms with Crippen molar-refractivity contribution in [2.75, 3.05) is 60.2 Å². The first-order chi connectivity index (χ1) is 8.70. The van der Waals surface area contributed by atoms with Crippen LogP contribution in [0.25, 0.3) is 0 Å². The van der Waals surface area contributed by atoms with E-state index < -0.39 is 0 Å². The summed E-state index contributed by atoms with van der Waals surface area (Å²) in [6.45, 7) is 6.95. The number of carbonyl (C=O) groups is 1. The maximum atomic E-state index is 12.4. The highest BCUT2D eigenvalue weighted by Crippen LogP contribution is 2.06. The van der Waals surface area contributed by atoms with E-state index in [1.54, 1.807) is 14.2 Å². The molecule has 0 aromatic carbocycles. The standard InChI is InChI=1S/C12H25N3O3/c1-11(10-18-3)15(8-9-17-2)12(16)14-6-4-13-5-7-14/h11,13H,4-10H2,1-3H3. The van der Waals surface area contributed by atoms with Crippen LogP contribution in [0.2, 0.25) is 0 Å². The second-order valence-electron chi connectivity index (χ2n) is 4.51. The number of carbonyl (C=O) groups excluding carboxylic acids is 1. The maximum absolute atomic E-state index is 12.4. The van der Waals surface area contributed by atoms with Crippen LogP contribution in [0.3, 0.4) is 0 Å². The first kappa shape index (κ1) is 15.2. The van der Waals surface area contributed by atoms with E-state index >= 15 is 0 Å². The molecule has 0 radical (unpaired) electrons. The maximum Gasteiger partial charge on any atom is 0.320 e. The van der Waals surface area contributed by atoms with Crippen molar-refractivity contribution < 1.29 is 14.3 Å². The molecule has 6 nitrogen and oxygen atoms in total. The highest BCUT2D eigenvalue weighted by Gasteiger charge is 2.25. The van der Waals surface area contributed by atoms with Crippen LogP contribution in [-0.4, -0.2) is 82.0 Å². The summed E-state index contributed by atoms with van der Waals surface area (Å²) in [6.07, 6.45) is 0. The Morgan fingerprint density at radius 1 is 1.33 bits per heavy atom. The number of urea groups is 1. The number of rotatable bonds is 6. The Morgan fingerprint density at radius 2 is 2.00 bits per heavy atom. The lowest BCUT2D eigenvalue weighted by Gasteiger charge is -2.36. The molecule has 1 heterocycles. The molecule has 1 rings (SSSR count). The molecule has 0 saturated carbocycles. The number of piperazine rings is 1. The van der Waals surface area contributed by atoms with Gasteiger partial charge in [0.15, 0.2) is 0 Å². The monoisotopic (exact) mass is 259 g/mol. The molecule has 1 aliphatic heterocycles. The summed E-state index contributed by atoms with van der Waals surface area (Å²) in [6, 6.07) is 0.144. The normalized spacial score (nSPS) is 17.6. The molecule has 0 aromatic rings. The third kappa shape index (κ3) is 4.44. The molecule has 1 fully saturated rings. The molecule has 1 aliphatic rings. The van der Waals surface area contributed by atoms with Gasteiger partial charge in [0.05, 0.1) is 19.3 Å².